The average Bonchev–Trinajstić information content (AvgIpc) is 3.48. The zero-order valence-electron chi connectivity index (χ0n) is 22.5. The predicted octanol–water partition coefficient (Wildman–Crippen LogP) is 4.82. The number of aromatic nitrogens is 4. The first kappa shape index (κ1) is 28.7. The first-order valence-electron chi connectivity index (χ1n) is 13.1. The van der Waals surface area contributed by atoms with Crippen molar-refractivity contribution in [3.05, 3.63) is 95.6 Å². The van der Waals surface area contributed by atoms with Crippen LogP contribution in [-0.2, 0) is 16.6 Å². The van der Waals surface area contributed by atoms with Gasteiger partial charge in [0, 0.05) is 43.0 Å². The SMILES string of the molecule is C=C1/N=C\C(Cl)=C/C/C(c2ncc(F)c(NC3CCCN(Cc4ncc[nH]4)C3)n2)=C\N1S(=O)(=O)c1ccc(C)cc1. The molecule has 1 atom stereocenters. The summed E-state index contributed by atoms with van der Waals surface area (Å²) >= 11 is 6.28. The standard InChI is InChI=1S/C28H30ClFN8O2S/c1-19-5-9-24(10-6-19)41(39,40)38-16-21(7-8-22(29)14-33-20(38)2)27-34-15-25(30)28(36-27)35-23-4-3-13-37(17-23)18-26-31-11-12-32-26/h5-6,8-12,14-16,23H,2-4,7,13,17-18H2,1H3,(H,31,32)(H,34,35,36)/b21-16+,22-8+,33-14-. The van der Waals surface area contributed by atoms with E-state index in [0.29, 0.717) is 18.7 Å². The van der Waals surface area contributed by atoms with E-state index < -0.39 is 15.8 Å². The molecule has 1 saturated heterocycles. The number of aryl methyl sites for hydroxylation is 1. The Bertz CT molecular complexity index is 1600. The van der Waals surface area contributed by atoms with E-state index in [2.05, 4.69) is 41.7 Å². The van der Waals surface area contributed by atoms with E-state index in [0.717, 1.165) is 41.3 Å². The summed E-state index contributed by atoms with van der Waals surface area (Å²) in [5, 5.41) is 3.51. The van der Waals surface area contributed by atoms with E-state index in [1.165, 1.54) is 24.5 Å². The second kappa shape index (κ2) is 12.3. The number of halogens is 2. The minimum Gasteiger partial charge on any atom is -0.363 e. The molecule has 4 heterocycles. The fourth-order valence-electron chi connectivity index (χ4n) is 4.63. The molecule has 2 aliphatic rings. The van der Waals surface area contributed by atoms with Crippen molar-refractivity contribution in [1.29, 1.82) is 0 Å². The summed E-state index contributed by atoms with van der Waals surface area (Å²) in [7, 11) is -4.09. The third-order valence-corrected chi connectivity index (χ3v) is 8.72. The number of piperidine rings is 1. The number of aromatic amines is 1. The fourth-order valence-corrected chi connectivity index (χ4v) is 6.06. The van der Waals surface area contributed by atoms with Crippen LogP contribution in [0, 0.1) is 12.7 Å². The number of likely N-dealkylation sites (tertiary alicyclic amines) is 1. The first-order valence-corrected chi connectivity index (χ1v) is 14.9. The Hall–Kier alpha value is -3.87. The number of rotatable bonds is 7. The van der Waals surface area contributed by atoms with Gasteiger partial charge in [-0.15, -0.1) is 0 Å². The van der Waals surface area contributed by atoms with Crippen molar-refractivity contribution in [2.45, 2.75) is 43.7 Å². The zero-order valence-corrected chi connectivity index (χ0v) is 24.0. The van der Waals surface area contributed by atoms with Crippen LogP contribution < -0.4 is 5.32 Å². The van der Waals surface area contributed by atoms with Gasteiger partial charge in [0.1, 0.15) is 11.6 Å². The maximum Gasteiger partial charge on any atom is 0.269 e. The van der Waals surface area contributed by atoms with E-state index in [-0.39, 0.29) is 39.9 Å². The second-order valence-electron chi connectivity index (χ2n) is 9.88. The highest BCUT2D eigenvalue weighted by Crippen LogP contribution is 2.28. The fraction of sp³-hybridized carbons (Fsp3) is 0.286. The van der Waals surface area contributed by atoms with Crippen molar-refractivity contribution in [1.82, 2.24) is 29.1 Å². The van der Waals surface area contributed by atoms with E-state index >= 15 is 0 Å². The predicted molar refractivity (Wildman–Crippen MR) is 157 cm³/mol. The van der Waals surface area contributed by atoms with Crippen LogP contribution in [0.15, 0.2) is 82.5 Å². The van der Waals surface area contributed by atoms with Gasteiger partial charge in [-0.1, -0.05) is 42.0 Å². The van der Waals surface area contributed by atoms with Gasteiger partial charge < -0.3 is 10.3 Å². The molecule has 2 aliphatic heterocycles. The van der Waals surface area contributed by atoms with Crippen LogP contribution in [0.4, 0.5) is 10.2 Å². The summed E-state index contributed by atoms with van der Waals surface area (Å²) in [6.07, 6.45) is 10.9. The molecule has 1 fully saturated rings. The van der Waals surface area contributed by atoms with E-state index in [1.54, 1.807) is 30.6 Å². The molecular weight excluding hydrogens is 567 g/mol. The largest absolute Gasteiger partial charge is 0.363 e. The summed E-state index contributed by atoms with van der Waals surface area (Å²) in [6.45, 7) is 7.97. The Morgan fingerprint density at radius 2 is 2.05 bits per heavy atom. The van der Waals surface area contributed by atoms with Gasteiger partial charge in [-0.2, -0.15) is 0 Å². The van der Waals surface area contributed by atoms with E-state index in [9.17, 15) is 12.8 Å². The van der Waals surface area contributed by atoms with Gasteiger partial charge >= 0.3 is 0 Å². The number of hydrogen-bond donors (Lipinski definition) is 2. The smallest absolute Gasteiger partial charge is 0.269 e. The maximum absolute atomic E-state index is 14.9. The Kier molecular flexibility index (Phi) is 8.62. The number of hydrogen-bond acceptors (Lipinski definition) is 8. The number of nitrogens with zero attached hydrogens (tertiary/aromatic N) is 6. The molecule has 2 N–H and O–H groups in total. The summed E-state index contributed by atoms with van der Waals surface area (Å²) in [5.41, 5.74) is 1.30. The van der Waals surface area contributed by atoms with Crippen LogP contribution in [0.1, 0.15) is 36.5 Å². The van der Waals surface area contributed by atoms with Crippen molar-refractivity contribution in [3.8, 4) is 0 Å². The molecule has 2 aromatic heterocycles. The van der Waals surface area contributed by atoms with Crippen molar-refractivity contribution < 1.29 is 12.8 Å². The van der Waals surface area contributed by atoms with Gasteiger partial charge in [-0.25, -0.2) is 37.1 Å². The lowest BCUT2D eigenvalue weighted by atomic mass is 10.1. The van der Waals surface area contributed by atoms with Crippen molar-refractivity contribution >= 4 is 39.2 Å². The van der Waals surface area contributed by atoms with Crippen molar-refractivity contribution in [2.24, 2.45) is 4.99 Å². The van der Waals surface area contributed by atoms with Crippen LogP contribution in [0.25, 0.3) is 5.57 Å². The van der Waals surface area contributed by atoms with Gasteiger partial charge in [-0.3, -0.25) is 4.90 Å². The number of sulfonamides is 1. The van der Waals surface area contributed by atoms with Gasteiger partial charge in [0.25, 0.3) is 10.0 Å². The quantitative estimate of drug-likeness (QED) is 0.401. The summed E-state index contributed by atoms with van der Waals surface area (Å²) in [4.78, 5) is 22.5. The van der Waals surface area contributed by atoms with Crippen LogP contribution >= 0.6 is 11.6 Å². The molecule has 0 saturated carbocycles. The molecule has 0 radical (unpaired) electrons. The van der Waals surface area contributed by atoms with Crippen LogP contribution in [0.5, 0.6) is 0 Å². The molecule has 10 nitrogen and oxygen atoms in total. The molecule has 214 valence electrons. The lowest BCUT2D eigenvalue weighted by Gasteiger charge is -2.32. The Morgan fingerprint density at radius 3 is 2.80 bits per heavy atom. The summed E-state index contributed by atoms with van der Waals surface area (Å²) in [5.74, 6) is 0.382. The van der Waals surface area contributed by atoms with Crippen LogP contribution in [0.3, 0.4) is 0 Å². The van der Waals surface area contributed by atoms with E-state index in [1.807, 2.05) is 6.92 Å². The normalized spacial score (nSPS) is 22.1. The van der Waals surface area contributed by atoms with Crippen LogP contribution in [0.2, 0.25) is 0 Å². The summed E-state index contributed by atoms with van der Waals surface area (Å²) in [6, 6.07) is 6.40. The molecule has 1 aromatic carbocycles. The molecule has 0 spiro atoms. The number of H-pyrrole nitrogens is 1. The Balaban J connectivity index is 1.44. The highest BCUT2D eigenvalue weighted by atomic mass is 35.5. The molecule has 3 aromatic rings. The van der Waals surface area contributed by atoms with Crippen LogP contribution in [-0.4, -0.2) is 62.9 Å². The third-order valence-electron chi connectivity index (χ3n) is 6.77. The maximum atomic E-state index is 14.9. The van der Waals surface area contributed by atoms with Gasteiger partial charge in [0.05, 0.1) is 22.7 Å². The first-order chi connectivity index (χ1) is 19.7. The number of aliphatic imine (C=N–C) groups is 1. The molecular formula is C28H30ClFN8O2S. The zero-order chi connectivity index (χ0) is 29.0. The number of imidazole rings is 1. The third kappa shape index (κ3) is 6.89. The second-order valence-corrected chi connectivity index (χ2v) is 12.1. The topological polar surface area (TPSA) is 119 Å². The van der Waals surface area contributed by atoms with Gasteiger partial charge in [-0.05, 0) is 44.9 Å². The van der Waals surface area contributed by atoms with Crippen molar-refractivity contribution in [3.63, 3.8) is 0 Å². The molecule has 1 unspecified atom stereocenters. The number of anilines is 1. The lowest BCUT2D eigenvalue weighted by molar-refractivity contribution is 0.204. The Morgan fingerprint density at radius 1 is 1.24 bits per heavy atom. The molecule has 13 heteroatoms. The highest BCUT2D eigenvalue weighted by Gasteiger charge is 2.27. The molecule has 0 bridgehead atoms. The molecule has 5 rings (SSSR count). The average molecular weight is 597 g/mol. The Labute approximate surface area is 243 Å². The minimum absolute atomic E-state index is 0.0405. The molecule has 0 amide bonds. The number of benzene rings is 1. The molecule has 41 heavy (non-hydrogen) atoms. The number of nitrogens with one attached hydrogen (secondary N) is 2. The van der Waals surface area contributed by atoms with Gasteiger partial charge in [0.15, 0.2) is 17.5 Å². The van der Waals surface area contributed by atoms with Gasteiger partial charge in [0.2, 0.25) is 0 Å². The highest BCUT2D eigenvalue weighted by molar-refractivity contribution is 7.89. The lowest BCUT2D eigenvalue weighted by Crippen LogP contribution is -2.42. The van der Waals surface area contributed by atoms with Crippen molar-refractivity contribution in [2.75, 3.05) is 18.4 Å². The minimum atomic E-state index is -4.09. The summed E-state index contributed by atoms with van der Waals surface area (Å²) < 4.78 is 43.2. The molecule has 0 aliphatic carbocycles. The number of allylic oxidation sites excluding steroid dienone is 3. The van der Waals surface area contributed by atoms with E-state index in [4.69, 9.17) is 11.6 Å². The monoisotopic (exact) mass is 596 g/mol.